The molecule has 5 nitrogen and oxygen atoms in total. The summed E-state index contributed by atoms with van der Waals surface area (Å²) in [6.07, 6.45) is 2.68. The Kier molecular flexibility index (Phi) is 5.56. The van der Waals surface area contributed by atoms with E-state index >= 15 is 0 Å². The number of fused-ring (bicyclic) bond motifs is 1. The van der Waals surface area contributed by atoms with E-state index in [-0.39, 0.29) is 23.8 Å². The van der Waals surface area contributed by atoms with Gasteiger partial charge in [0.05, 0.1) is 12.6 Å². The zero-order valence-electron chi connectivity index (χ0n) is 17.1. The third-order valence-corrected chi connectivity index (χ3v) is 5.79. The maximum Gasteiger partial charge on any atom is 0.247 e. The Labute approximate surface area is 172 Å². The number of carbonyl (C=O) groups is 2. The van der Waals surface area contributed by atoms with E-state index in [2.05, 4.69) is 11.4 Å². The van der Waals surface area contributed by atoms with E-state index in [1.165, 1.54) is 0 Å². The lowest BCUT2D eigenvalue weighted by Gasteiger charge is -2.37. The minimum Gasteiger partial charge on any atom is -0.494 e. The number of ether oxygens (including phenoxy) is 1. The molecular formula is C24H28N2O3. The van der Waals surface area contributed by atoms with Crippen molar-refractivity contribution in [3.05, 3.63) is 65.2 Å². The van der Waals surface area contributed by atoms with Gasteiger partial charge in [-0.15, -0.1) is 0 Å². The molecule has 4 rings (SSSR count). The summed E-state index contributed by atoms with van der Waals surface area (Å²) in [5.74, 6) is 0.914. The second-order valence-electron chi connectivity index (χ2n) is 7.89. The van der Waals surface area contributed by atoms with Crippen LogP contribution in [0.25, 0.3) is 0 Å². The van der Waals surface area contributed by atoms with Crippen LogP contribution in [0.2, 0.25) is 0 Å². The summed E-state index contributed by atoms with van der Waals surface area (Å²) in [6.45, 7) is 5.14. The predicted molar refractivity (Wildman–Crippen MR) is 111 cm³/mol. The lowest BCUT2D eigenvalue weighted by Crippen LogP contribution is -2.48. The SMILES string of the molecule is CCOc1ccc([C@@H](C)NC(=O)[C@H]2c3ccccc3CCN2C(=O)C2CC2)cc1. The molecule has 0 saturated heterocycles. The summed E-state index contributed by atoms with van der Waals surface area (Å²) >= 11 is 0. The Morgan fingerprint density at radius 2 is 1.86 bits per heavy atom. The minimum atomic E-state index is -0.557. The highest BCUT2D eigenvalue weighted by Crippen LogP contribution is 2.37. The van der Waals surface area contributed by atoms with Crippen LogP contribution in [0.1, 0.15) is 55.5 Å². The average Bonchev–Trinajstić information content (AvgIpc) is 3.58. The first kappa shape index (κ1) is 19.5. The molecule has 1 saturated carbocycles. The van der Waals surface area contributed by atoms with E-state index in [0.717, 1.165) is 41.7 Å². The number of amides is 2. The van der Waals surface area contributed by atoms with E-state index in [4.69, 9.17) is 4.74 Å². The van der Waals surface area contributed by atoms with Crippen LogP contribution in [0.15, 0.2) is 48.5 Å². The number of nitrogens with one attached hydrogen (secondary N) is 1. The van der Waals surface area contributed by atoms with Crippen molar-refractivity contribution in [1.29, 1.82) is 0 Å². The lowest BCUT2D eigenvalue weighted by molar-refractivity contribution is -0.142. The van der Waals surface area contributed by atoms with Crippen molar-refractivity contribution in [2.45, 2.75) is 45.2 Å². The standard InChI is InChI=1S/C24H28N2O3/c1-3-29-20-12-10-17(11-13-20)16(2)25-23(27)22-21-7-5-4-6-18(21)14-15-26(22)24(28)19-8-9-19/h4-7,10-13,16,19,22H,3,8-9,14-15H2,1-2H3,(H,25,27)/t16-,22-/m1/s1. The summed E-state index contributed by atoms with van der Waals surface area (Å²) in [5.41, 5.74) is 3.11. The van der Waals surface area contributed by atoms with E-state index < -0.39 is 6.04 Å². The molecule has 0 aromatic heterocycles. The van der Waals surface area contributed by atoms with Gasteiger partial charge in [0, 0.05) is 12.5 Å². The van der Waals surface area contributed by atoms with Crippen molar-refractivity contribution < 1.29 is 14.3 Å². The van der Waals surface area contributed by atoms with Crippen LogP contribution in [0.4, 0.5) is 0 Å². The van der Waals surface area contributed by atoms with Gasteiger partial charge in [0.2, 0.25) is 11.8 Å². The molecule has 0 bridgehead atoms. The number of benzene rings is 2. The van der Waals surface area contributed by atoms with Gasteiger partial charge in [-0.3, -0.25) is 9.59 Å². The zero-order valence-corrected chi connectivity index (χ0v) is 17.1. The average molecular weight is 392 g/mol. The molecule has 2 aromatic rings. The monoisotopic (exact) mass is 392 g/mol. The van der Waals surface area contributed by atoms with Crippen LogP contribution in [-0.4, -0.2) is 29.9 Å². The van der Waals surface area contributed by atoms with Crippen molar-refractivity contribution in [1.82, 2.24) is 10.2 Å². The van der Waals surface area contributed by atoms with E-state index in [9.17, 15) is 9.59 Å². The molecule has 0 radical (unpaired) electrons. The second kappa shape index (κ2) is 8.27. The fraction of sp³-hybridized carbons (Fsp3) is 0.417. The Hall–Kier alpha value is -2.82. The lowest BCUT2D eigenvalue weighted by atomic mass is 9.91. The van der Waals surface area contributed by atoms with Crippen LogP contribution in [0.3, 0.4) is 0 Å². The molecule has 1 aliphatic carbocycles. The van der Waals surface area contributed by atoms with Crippen molar-refractivity contribution in [3.63, 3.8) is 0 Å². The summed E-state index contributed by atoms with van der Waals surface area (Å²) in [5, 5.41) is 3.13. The molecule has 0 unspecified atom stereocenters. The zero-order chi connectivity index (χ0) is 20.4. The molecule has 2 aromatic carbocycles. The van der Waals surface area contributed by atoms with Gasteiger partial charge in [-0.05, 0) is 61.9 Å². The quantitative estimate of drug-likeness (QED) is 0.814. The summed E-state index contributed by atoms with van der Waals surface area (Å²) < 4.78 is 5.49. The van der Waals surface area contributed by atoms with Crippen molar-refractivity contribution in [2.24, 2.45) is 5.92 Å². The van der Waals surface area contributed by atoms with Crippen LogP contribution in [-0.2, 0) is 16.0 Å². The molecule has 29 heavy (non-hydrogen) atoms. The Bertz CT molecular complexity index is 889. The summed E-state index contributed by atoms with van der Waals surface area (Å²) in [6, 6.07) is 15.0. The minimum absolute atomic E-state index is 0.0964. The maximum absolute atomic E-state index is 13.3. The fourth-order valence-electron chi connectivity index (χ4n) is 4.05. The normalized spacial score (nSPS) is 19.2. The van der Waals surface area contributed by atoms with Gasteiger partial charge in [-0.2, -0.15) is 0 Å². The second-order valence-corrected chi connectivity index (χ2v) is 7.89. The molecule has 2 atom stereocenters. The van der Waals surface area contributed by atoms with Crippen LogP contribution >= 0.6 is 0 Å². The third-order valence-electron chi connectivity index (χ3n) is 5.79. The highest BCUT2D eigenvalue weighted by Gasteiger charge is 2.41. The Balaban J connectivity index is 1.54. The van der Waals surface area contributed by atoms with Gasteiger partial charge >= 0.3 is 0 Å². The molecule has 2 aliphatic rings. The van der Waals surface area contributed by atoms with Gasteiger partial charge in [0.15, 0.2) is 0 Å². The van der Waals surface area contributed by atoms with Gasteiger partial charge in [0.25, 0.3) is 0 Å². The predicted octanol–water partition coefficient (Wildman–Crippen LogP) is 3.80. The van der Waals surface area contributed by atoms with E-state index in [1.54, 1.807) is 4.90 Å². The van der Waals surface area contributed by atoms with Gasteiger partial charge in [-0.1, -0.05) is 36.4 Å². The number of nitrogens with zero attached hydrogens (tertiary/aromatic N) is 1. The van der Waals surface area contributed by atoms with E-state index in [1.807, 2.05) is 56.3 Å². The number of hydrogen-bond acceptors (Lipinski definition) is 3. The Morgan fingerprint density at radius 1 is 1.14 bits per heavy atom. The highest BCUT2D eigenvalue weighted by molar-refractivity contribution is 5.91. The molecule has 0 spiro atoms. The fourth-order valence-corrected chi connectivity index (χ4v) is 4.05. The van der Waals surface area contributed by atoms with Crippen molar-refractivity contribution >= 4 is 11.8 Å². The third kappa shape index (κ3) is 4.14. The summed E-state index contributed by atoms with van der Waals surface area (Å²) in [7, 11) is 0. The maximum atomic E-state index is 13.3. The van der Waals surface area contributed by atoms with Crippen molar-refractivity contribution in [2.75, 3.05) is 13.2 Å². The topological polar surface area (TPSA) is 58.6 Å². The van der Waals surface area contributed by atoms with Crippen molar-refractivity contribution in [3.8, 4) is 5.75 Å². The van der Waals surface area contributed by atoms with Crippen LogP contribution < -0.4 is 10.1 Å². The number of hydrogen-bond donors (Lipinski definition) is 1. The molecule has 152 valence electrons. The van der Waals surface area contributed by atoms with Gasteiger partial charge in [-0.25, -0.2) is 0 Å². The molecule has 1 heterocycles. The first-order chi connectivity index (χ1) is 14.1. The Morgan fingerprint density at radius 3 is 2.55 bits per heavy atom. The number of carbonyl (C=O) groups excluding carboxylic acids is 2. The molecular weight excluding hydrogens is 364 g/mol. The molecule has 1 aliphatic heterocycles. The molecule has 1 fully saturated rings. The van der Waals surface area contributed by atoms with Crippen LogP contribution in [0.5, 0.6) is 5.75 Å². The smallest absolute Gasteiger partial charge is 0.247 e. The first-order valence-electron chi connectivity index (χ1n) is 10.5. The summed E-state index contributed by atoms with van der Waals surface area (Å²) in [4.78, 5) is 28.0. The number of rotatable bonds is 6. The molecule has 1 N–H and O–H groups in total. The molecule has 5 heteroatoms. The first-order valence-corrected chi connectivity index (χ1v) is 10.5. The largest absolute Gasteiger partial charge is 0.494 e. The van der Waals surface area contributed by atoms with E-state index in [0.29, 0.717) is 13.2 Å². The van der Waals surface area contributed by atoms with Crippen LogP contribution in [0, 0.1) is 5.92 Å². The van der Waals surface area contributed by atoms with Gasteiger partial charge < -0.3 is 15.0 Å². The van der Waals surface area contributed by atoms with Gasteiger partial charge in [0.1, 0.15) is 11.8 Å². The molecule has 2 amide bonds. The highest BCUT2D eigenvalue weighted by atomic mass is 16.5.